The first-order valence-electron chi connectivity index (χ1n) is 11.0. The van der Waals surface area contributed by atoms with E-state index in [0.717, 1.165) is 0 Å². The van der Waals surface area contributed by atoms with Crippen molar-refractivity contribution in [1.82, 2.24) is 15.5 Å². The summed E-state index contributed by atoms with van der Waals surface area (Å²) in [4.78, 5) is 12.3. The van der Waals surface area contributed by atoms with Gasteiger partial charge in [0, 0.05) is 17.9 Å². The summed E-state index contributed by atoms with van der Waals surface area (Å²) in [7, 11) is 0. The molecule has 13 heteroatoms. The lowest BCUT2D eigenvalue weighted by Gasteiger charge is -2.68. The van der Waals surface area contributed by atoms with Gasteiger partial charge >= 0.3 is 12.7 Å². The van der Waals surface area contributed by atoms with Crippen LogP contribution in [-0.2, 0) is 19.7 Å². The Morgan fingerprint density at radius 3 is 2.12 bits per heavy atom. The second-order valence-electron chi connectivity index (χ2n) is 10.0. The van der Waals surface area contributed by atoms with Crippen LogP contribution >= 0.6 is 0 Å². The fourth-order valence-corrected chi connectivity index (χ4v) is 5.70. The van der Waals surface area contributed by atoms with Gasteiger partial charge in [0.25, 0.3) is 0 Å². The summed E-state index contributed by atoms with van der Waals surface area (Å²) in [6.07, 6.45) is -7.24. The molecule has 0 unspecified atom stereocenters. The van der Waals surface area contributed by atoms with Crippen molar-refractivity contribution in [3.8, 4) is 0 Å². The highest BCUT2D eigenvalue weighted by molar-refractivity contribution is 5.77. The molecular formula is C20H23F6N3O4. The van der Waals surface area contributed by atoms with E-state index in [-0.39, 0.29) is 48.0 Å². The first-order valence-corrected chi connectivity index (χ1v) is 11.0. The molecule has 1 amide bonds. The van der Waals surface area contributed by atoms with Crippen molar-refractivity contribution in [2.45, 2.75) is 99.6 Å². The van der Waals surface area contributed by atoms with Crippen LogP contribution in [0, 0.1) is 5.92 Å². The van der Waals surface area contributed by atoms with E-state index in [1.165, 1.54) is 0 Å². The van der Waals surface area contributed by atoms with Crippen molar-refractivity contribution in [1.29, 1.82) is 0 Å². The maximum atomic E-state index is 12.3. The lowest BCUT2D eigenvalue weighted by Crippen LogP contribution is -2.76. The Balaban J connectivity index is 1.01. The molecule has 1 aromatic rings. The smallest absolute Gasteiger partial charge is 0.424 e. The number of hydrogen-bond donors (Lipinski definition) is 1. The third-order valence-electron chi connectivity index (χ3n) is 7.35. The second-order valence-corrected chi connectivity index (χ2v) is 10.0. The van der Waals surface area contributed by atoms with Crippen molar-refractivity contribution in [2.24, 2.45) is 5.92 Å². The summed E-state index contributed by atoms with van der Waals surface area (Å²) >= 11 is 0. The average molecular weight is 483 g/mol. The van der Waals surface area contributed by atoms with Crippen LogP contribution < -0.4 is 5.32 Å². The van der Waals surface area contributed by atoms with Crippen LogP contribution in [0.5, 0.6) is 0 Å². The van der Waals surface area contributed by atoms with Gasteiger partial charge < -0.3 is 9.73 Å². The summed E-state index contributed by atoms with van der Waals surface area (Å²) in [5.74, 6) is 0.473. The van der Waals surface area contributed by atoms with E-state index < -0.39 is 24.9 Å². The van der Waals surface area contributed by atoms with Crippen molar-refractivity contribution < 1.29 is 45.0 Å². The molecule has 7 nitrogen and oxygen atoms in total. The average Bonchev–Trinajstić information content (AvgIpc) is 3.01. The number of amides is 1. The lowest BCUT2D eigenvalue weighted by molar-refractivity contribution is -0.354. The number of carbonyl (C=O) groups excluding carboxylic acids is 1. The number of nitrogens with one attached hydrogen (secondary N) is 1. The molecule has 184 valence electrons. The van der Waals surface area contributed by atoms with E-state index in [0.29, 0.717) is 50.3 Å². The minimum atomic E-state index is -4.65. The Hall–Kier alpha value is -1.89. The third kappa shape index (κ3) is 4.71. The quantitative estimate of drug-likeness (QED) is 0.557. The van der Waals surface area contributed by atoms with E-state index in [1.807, 2.05) is 0 Å². The Morgan fingerprint density at radius 2 is 1.55 bits per heavy atom. The molecule has 1 N–H and O–H groups in total. The number of hydrogen-bond acceptors (Lipinski definition) is 6. The zero-order valence-corrected chi connectivity index (χ0v) is 17.5. The highest BCUT2D eigenvalue weighted by Gasteiger charge is 2.71. The first-order chi connectivity index (χ1) is 15.3. The van der Waals surface area contributed by atoms with Crippen LogP contribution in [0.15, 0.2) is 4.42 Å². The topological polar surface area (TPSA) is 86.5 Å². The van der Waals surface area contributed by atoms with Gasteiger partial charge in [-0.2, -0.15) is 0 Å². The summed E-state index contributed by atoms with van der Waals surface area (Å²) in [5.41, 5.74) is -0.602. The Morgan fingerprint density at radius 1 is 0.970 bits per heavy atom. The van der Waals surface area contributed by atoms with Crippen molar-refractivity contribution in [2.75, 3.05) is 0 Å². The third-order valence-corrected chi connectivity index (χ3v) is 7.35. The summed E-state index contributed by atoms with van der Waals surface area (Å²) in [6.45, 7) is 0. The number of nitrogens with zero attached hydrogens (tertiary/aromatic N) is 2. The number of rotatable bonds is 8. The lowest BCUT2D eigenvalue weighted by atomic mass is 9.39. The first kappa shape index (κ1) is 22.9. The molecule has 5 fully saturated rings. The van der Waals surface area contributed by atoms with Crippen molar-refractivity contribution in [3.05, 3.63) is 11.8 Å². The zero-order chi connectivity index (χ0) is 23.6. The molecule has 5 aliphatic rings. The van der Waals surface area contributed by atoms with Gasteiger partial charge in [0.15, 0.2) is 0 Å². The Kier molecular flexibility index (Phi) is 5.24. The van der Waals surface area contributed by atoms with Crippen LogP contribution in [0.1, 0.15) is 75.5 Å². The molecule has 33 heavy (non-hydrogen) atoms. The molecule has 0 aromatic carbocycles. The number of ether oxygens (including phenoxy) is 2. The Bertz CT molecular complexity index is 885. The maximum Gasteiger partial charge on any atom is 0.522 e. The predicted octanol–water partition coefficient (Wildman–Crippen LogP) is 4.24. The van der Waals surface area contributed by atoms with E-state index in [2.05, 4.69) is 25.0 Å². The van der Waals surface area contributed by atoms with Gasteiger partial charge in [-0.05, 0) is 57.3 Å². The predicted molar refractivity (Wildman–Crippen MR) is 96.5 cm³/mol. The molecule has 0 spiro atoms. The second kappa shape index (κ2) is 7.56. The minimum Gasteiger partial charge on any atom is -0.424 e. The summed E-state index contributed by atoms with van der Waals surface area (Å²) in [6, 6.07) is 0. The van der Waals surface area contributed by atoms with E-state index >= 15 is 0 Å². The van der Waals surface area contributed by atoms with Crippen LogP contribution in [0.2, 0.25) is 0 Å². The fraction of sp³-hybridized carbons (Fsp3) is 0.850. The van der Waals surface area contributed by atoms with Crippen molar-refractivity contribution in [3.63, 3.8) is 0 Å². The highest BCUT2D eigenvalue weighted by atomic mass is 19.4. The SMILES string of the molecule is O=C(CC[C@H]1C[C@@H](OC(F)(F)F)C1)NC12CC(c3nnc([C@H]4C[C@@H](OC(F)(F)F)C4)o3)(C1)C2. The Labute approximate surface area is 184 Å². The molecule has 1 heterocycles. The largest absolute Gasteiger partial charge is 0.522 e. The zero-order valence-electron chi connectivity index (χ0n) is 17.5. The van der Waals surface area contributed by atoms with Crippen LogP contribution in [0.25, 0.3) is 0 Å². The normalized spacial score (nSPS) is 37.4. The number of carbonyl (C=O) groups is 1. The molecule has 0 aliphatic heterocycles. The van der Waals surface area contributed by atoms with E-state index in [1.54, 1.807) is 0 Å². The molecular weight excluding hydrogens is 460 g/mol. The van der Waals surface area contributed by atoms with Gasteiger partial charge in [-0.1, -0.05) is 0 Å². The van der Waals surface area contributed by atoms with Crippen LogP contribution in [0.4, 0.5) is 26.3 Å². The van der Waals surface area contributed by atoms with Gasteiger partial charge in [0.05, 0.1) is 17.6 Å². The molecule has 6 rings (SSSR count). The monoisotopic (exact) mass is 483 g/mol. The van der Waals surface area contributed by atoms with E-state index in [9.17, 15) is 31.1 Å². The molecule has 0 radical (unpaired) electrons. The summed E-state index contributed by atoms with van der Waals surface area (Å²) in [5, 5.41) is 11.1. The number of halogens is 6. The number of aromatic nitrogens is 2. The van der Waals surface area contributed by atoms with Gasteiger partial charge in [0.2, 0.25) is 17.7 Å². The van der Waals surface area contributed by atoms with Crippen molar-refractivity contribution >= 4 is 5.91 Å². The van der Waals surface area contributed by atoms with E-state index in [4.69, 9.17) is 4.42 Å². The molecule has 0 saturated heterocycles. The van der Waals surface area contributed by atoms with Gasteiger partial charge in [-0.3, -0.25) is 14.3 Å². The van der Waals surface area contributed by atoms with Crippen LogP contribution in [-0.4, -0.2) is 46.6 Å². The van der Waals surface area contributed by atoms with Gasteiger partial charge in [0.1, 0.15) is 0 Å². The summed E-state index contributed by atoms with van der Waals surface area (Å²) < 4.78 is 86.8. The molecule has 5 aliphatic carbocycles. The fourth-order valence-electron chi connectivity index (χ4n) is 5.70. The maximum absolute atomic E-state index is 12.3. The standard InChI is InChI=1S/C20H23F6N3O4/c21-19(22,23)32-12-3-10(4-12)1-2-14(30)27-18-7-17(8-18,9-18)16-29-28-15(31-16)11-5-13(6-11)33-20(24,25)26/h10-13H,1-9H2,(H,27,30)/t10-,11-,12+,13+,17?,18?. The molecule has 0 atom stereocenters. The minimum absolute atomic E-state index is 0.0620. The van der Waals surface area contributed by atoms with Gasteiger partial charge in [-0.25, -0.2) is 0 Å². The highest BCUT2D eigenvalue weighted by Crippen LogP contribution is 2.67. The molecule has 1 aromatic heterocycles. The molecule has 2 bridgehead atoms. The molecule has 5 saturated carbocycles. The van der Waals surface area contributed by atoms with Crippen LogP contribution in [0.3, 0.4) is 0 Å². The number of alkyl halides is 6. The van der Waals surface area contributed by atoms with Gasteiger partial charge in [-0.15, -0.1) is 36.5 Å².